The predicted octanol–water partition coefficient (Wildman–Crippen LogP) is 3.68. The summed E-state index contributed by atoms with van der Waals surface area (Å²) in [7, 11) is 0. The fourth-order valence-electron chi connectivity index (χ4n) is 2.51. The van der Waals surface area contributed by atoms with Gasteiger partial charge in [-0.15, -0.1) is 0 Å². The van der Waals surface area contributed by atoms with Crippen molar-refractivity contribution in [3.8, 4) is 11.4 Å². The molecule has 0 aliphatic rings. The zero-order chi connectivity index (χ0) is 17.5. The van der Waals surface area contributed by atoms with Crippen LogP contribution in [0.3, 0.4) is 0 Å². The number of hydrogen-bond acceptors (Lipinski definition) is 4. The van der Waals surface area contributed by atoms with Gasteiger partial charge >= 0.3 is 0 Å². The van der Waals surface area contributed by atoms with Crippen LogP contribution >= 0.6 is 0 Å². The Morgan fingerprint density at radius 2 is 1.84 bits per heavy atom. The topological polar surface area (TPSA) is 68.0 Å². The van der Waals surface area contributed by atoms with Gasteiger partial charge in [-0.05, 0) is 25.3 Å². The van der Waals surface area contributed by atoms with E-state index in [0.717, 1.165) is 18.4 Å². The molecule has 1 heterocycles. The number of amides is 1. The van der Waals surface area contributed by atoms with Crippen LogP contribution < -0.4 is 5.32 Å². The minimum absolute atomic E-state index is 0.00832. The third kappa shape index (κ3) is 5.01. The summed E-state index contributed by atoms with van der Waals surface area (Å²) in [5.41, 5.74) is 3.32. The lowest BCUT2D eigenvalue weighted by molar-refractivity contribution is -0.121. The lowest BCUT2D eigenvalue weighted by Crippen LogP contribution is -2.22. The molecule has 25 heavy (non-hydrogen) atoms. The lowest BCUT2D eigenvalue weighted by atomic mass is 10.1. The van der Waals surface area contributed by atoms with Gasteiger partial charge in [0, 0.05) is 12.0 Å². The monoisotopic (exact) mass is 335 g/mol. The number of hydrogen-bond donors (Lipinski definition) is 1. The third-order valence-corrected chi connectivity index (χ3v) is 3.93. The average Bonchev–Trinajstić information content (AvgIpc) is 3.10. The highest BCUT2D eigenvalue weighted by Gasteiger charge is 2.09. The van der Waals surface area contributed by atoms with Gasteiger partial charge in [-0.2, -0.15) is 4.98 Å². The second-order valence-electron chi connectivity index (χ2n) is 5.99. The molecule has 0 spiro atoms. The Morgan fingerprint density at radius 3 is 2.60 bits per heavy atom. The van der Waals surface area contributed by atoms with Crippen molar-refractivity contribution >= 4 is 5.91 Å². The minimum Gasteiger partial charge on any atom is -0.347 e. The molecule has 2 aromatic carbocycles. The Kier molecular flexibility index (Phi) is 5.57. The summed E-state index contributed by atoms with van der Waals surface area (Å²) < 4.78 is 5.20. The van der Waals surface area contributed by atoms with Gasteiger partial charge in [-0.25, -0.2) is 0 Å². The van der Waals surface area contributed by atoms with Gasteiger partial charge in [0.1, 0.15) is 0 Å². The molecule has 0 aliphatic carbocycles. The van der Waals surface area contributed by atoms with E-state index in [0.29, 0.717) is 18.1 Å². The molecule has 0 saturated carbocycles. The second kappa shape index (κ2) is 8.24. The van der Waals surface area contributed by atoms with Gasteiger partial charge < -0.3 is 9.84 Å². The molecular weight excluding hydrogens is 314 g/mol. The van der Waals surface area contributed by atoms with Crippen LogP contribution in [0.2, 0.25) is 0 Å². The highest BCUT2D eigenvalue weighted by atomic mass is 16.5. The summed E-state index contributed by atoms with van der Waals surface area (Å²) in [4.78, 5) is 16.2. The van der Waals surface area contributed by atoms with Crippen LogP contribution in [-0.4, -0.2) is 16.0 Å². The number of benzene rings is 2. The van der Waals surface area contributed by atoms with E-state index in [1.807, 2.05) is 49.4 Å². The van der Waals surface area contributed by atoms with E-state index < -0.39 is 0 Å². The first-order valence-corrected chi connectivity index (χ1v) is 8.41. The van der Waals surface area contributed by atoms with Crippen molar-refractivity contribution in [2.24, 2.45) is 0 Å². The highest BCUT2D eigenvalue weighted by molar-refractivity contribution is 5.75. The van der Waals surface area contributed by atoms with Crippen LogP contribution in [0.15, 0.2) is 59.1 Å². The van der Waals surface area contributed by atoms with Crippen molar-refractivity contribution in [3.63, 3.8) is 0 Å². The molecular formula is C20H21N3O2. The summed E-state index contributed by atoms with van der Waals surface area (Å²) in [5.74, 6) is 0.936. The van der Waals surface area contributed by atoms with E-state index in [9.17, 15) is 4.79 Å². The SMILES string of the molecule is Cc1ccc(-c2noc(CNC(=O)CCCc3ccccc3)n2)cc1. The molecule has 1 aromatic heterocycles. The number of carbonyl (C=O) groups excluding carboxylic acids is 1. The number of aryl methyl sites for hydroxylation is 2. The van der Waals surface area contributed by atoms with Crippen molar-refractivity contribution < 1.29 is 9.32 Å². The molecule has 3 rings (SSSR count). The van der Waals surface area contributed by atoms with E-state index in [1.165, 1.54) is 11.1 Å². The number of nitrogens with one attached hydrogen (secondary N) is 1. The van der Waals surface area contributed by atoms with E-state index in [4.69, 9.17) is 4.52 Å². The van der Waals surface area contributed by atoms with Crippen LogP contribution in [0.5, 0.6) is 0 Å². The first-order chi connectivity index (χ1) is 12.2. The fourth-order valence-corrected chi connectivity index (χ4v) is 2.51. The van der Waals surface area contributed by atoms with Gasteiger partial charge in [0.2, 0.25) is 17.6 Å². The largest absolute Gasteiger partial charge is 0.347 e. The van der Waals surface area contributed by atoms with Crippen molar-refractivity contribution in [3.05, 3.63) is 71.6 Å². The summed E-state index contributed by atoms with van der Waals surface area (Å²) >= 11 is 0. The van der Waals surface area contributed by atoms with Gasteiger partial charge in [0.25, 0.3) is 0 Å². The Bertz CT molecular complexity index is 810. The molecule has 0 saturated heterocycles. The van der Waals surface area contributed by atoms with Gasteiger partial charge in [-0.1, -0.05) is 65.3 Å². The first kappa shape index (κ1) is 16.9. The summed E-state index contributed by atoms with van der Waals surface area (Å²) in [5, 5.41) is 6.78. The summed E-state index contributed by atoms with van der Waals surface area (Å²) in [6.45, 7) is 2.28. The van der Waals surface area contributed by atoms with Crippen LogP contribution in [0.25, 0.3) is 11.4 Å². The zero-order valence-electron chi connectivity index (χ0n) is 14.2. The lowest BCUT2D eigenvalue weighted by Gasteiger charge is -2.03. The van der Waals surface area contributed by atoms with E-state index in [1.54, 1.807) is 0 Å². The summed E-state index contributed by atoms with van der Waals surface area (Å²) in [6.07, 6.45) is 2.19. The Hall–Kier alpha value is -2.95. The molecule has 1 amide bonds. The van der Waals surface area contributed by atoms with Crippen LogP contribution in [0, 0.1) is 6.92 Å². The number of carbonyl (C=O) groups is 1. The van der Waals surface area contributed by atoms with Crippen LogP contribution in [0.1, 0.15) is 29.9 Å². The number of aromatic nitrogens is 2. The fraction of sp³-hybridized carbons (Fsp3) is 0.250. The van der Waals surface area contributed by atoms with Gasteiger partial charge in [-0.3, -0.25) is 4.79 Å². The molecule has 0 atom stereocenters. The van der Waals surface area contributed by atoms with E-state index in [-0.39, 0.29) is 12.5 Å². The molecule has 1 N–H and O–H groups in total. The van der Waals surface area contributed by atoms with Crippen molar-refractivity contribution in [2.75, 3.05) is 0 Å². The van der Waals surface area contributed by atoms with E-state index in [2.05, 4.69) is 27.6 Å². The molecule has 5 nitrogen and oxygen atoms in total. The molecule has 5 heteroatoms. The Morgan fingerprint density at radius 1 is 1.08 bits per heavy atom. The van der Waals surface area contributed by atoms with Gasteiger partial charge in [0.15, 0.2) is 0 Å². The maximum atomic E-state index is 11.9. The molecule has 0 fully saturated rings. The molecule has 128 valence electrons. The third-order valence-electron chi connectivity index (χ3n) is 3.93. The quantitative estimate of drug-likeness (QED) is 0.715. The zero-order valence-corrected chi connectivity index (χ0v) is 14.2. The van der Waals surface area contributed by atoms with Crippen molar-refractivity contribution in [1.29, 1.82) is 0 Å². The van der Waals surface area contributed by atoms with Crippen molar-refractivity contribution in [1.82, 2.24) is 15.5 Å². The highest BCUT2D eigenvalue weighted by Crippen LogP contribution is 2.16. The normalized spacial score (nSPS) is 10.6. The maximum absolute atomic E-state index is 11.9. The maximum Gasteiger partial charge on any atom is 0.246 e. The second-order valence-corrected chi connectivity index (χ2v) is 5.99. The number of nitrogens with zero attached hydrogens (tertiary/aromatic N) is 2. The summed E-state index contributed by atoms with van der Waals surface area (Å²) in [6, 6.07) is 18.1. The molecule has 0 bridgehead atoms. The molecule has 0 unspecified atom stereocenters. The molecule has 0 radical (unpaired) electrons. The average molecular weight is 335 g/mol. The smallest absolute Gasteiger partial charge is 0.246 e. The van der Waals surface area contributed by atoms with E-state index >= 15 is 0 Å². The standard InChI is InChI=1S/C20H21N3O2/c1-15-10-12-17(13-11-15)20-22-19(25-23-20)14-21-18(24)9-5-8-16-6-3-2-4-7-16/h2-4,6-7,10-13H,5,8-9,14H2,1H3,(H,21,24). The Balaban J connectivity index is 1.44. The molecule has 3 aromatic rings. The minimum atomic E-state index is -0.00832. The molecule has 0 aliphatic heterocycles. The van der Waals surface area contributed by atoms with Crippen LogP contribution in [-0.2, 0) is 17.8 Å². The predicted molar refractivity (Wildman–Crippen MR) is 95.7 cm³/mol. The Labute approximate surface area is 147 Å². The van der Waals surface area contributed by atoms with Gasteiger partial charge in [0.05, 0.1) is 6.54 Å². The van der Waals surface area contributed by atoms with Crippen molar-refractivity contribution in [2.45, 2.75) is 32.7 Å². The number of rotatable bonds is 7. The van der Waals surface area contributed by atoms with Crippen LogP contribution in [0.4, 0.5) is 0 Å². The first-order valence-electron chi connectivity index (χ1n) is 8.41.